The summed E-state index contributed by atoms with van der Waals surface area (Å²) in [5.74, 6) is 0.592. The Morgan fingerprint density at radius 1 is 0.659 bits per heavy atom. The van der Waals surface area contributed by atoms with Crippen LogP contribution in [0, 0.1) is 0 Å². The van der Waals surface area contributed by atoms with E-state index in [4.69, 9.17) is 28.4 Å². The normalized spacial score (nSPS) is 15.5. The smallest absolute Gasteiger partial charge is 0.333 e. The van der Waals surface area contributed by atoms with E-state index in [1.54, 1.807) is 13.8 Å². The molecule has 2 atom stereocenters. The van der Waals surface area contributed by atoms with Crippen molar-refractivity contribution in [3.05, 3.63) is 84.0 Å². The second-order valence-electron chi connectivity index (χ2n) is 11.2. The van der Waals surface area contributed by atoms with Crippen LogP contribution in [-0.2, 0) is 34.0 Å². The molecule has 0 saturated heterocycles. The van der Waals surface area contributed by atoms with E-state index < -0.39 is 11.9 Å². The van der Waals surface area contributed by atoms with Gasteiger partial charge in [-0.3, -0.25) is 0 Å². The van der Waals surface area contributed by atoms with Crippen LogP contribution in [0.1, 0.15) is 70.9 Å². The van der Waals surface area contributed by atoms with Crippen LogP contribution in [0.15, 0.2) is 72.8 Å². The first-order valence-corrected chi connectivity index (χ1v) is 15.5. The molecule has 0 aromatic heterocycles. The Hall–Kier alpha value is -3.62. The second kappa shape index (κ2) is 17.6. The van der Waals surface area contributed by atoms with Crippen molar-refractivity contribution in [2.24, 2.45) is 0 Å². The fourth-order valence-corrected chi connectivity index (χ4v) is 5.36. The Bertz CT molecular complexity index is 1120. The van der Waals surface area contributed by atoms with E-state index in [0.717, 1.165) is 37.2 Å². The molecular weight excluding hydrogens is 560 g/mol. The number of esters is 2. The molecule has 0 spiro atoms. The molecule has 2 aromatic carbocycles. The minimum atomic E-state index is -0.437. The molecule has 8 heteroatoms. The van der Waals surface area contributed by atoms with Gasteiger partial charge in [0.2, 0.25) is 0 Å². The third-order valence-corrected chi connectivity index (χ3v) is 7.69. The summed E-state index contributed by atoms with van der Waals surface area (Å²) in [6.45, 7) is 16.0. The minimum absolute atomic E-state index is 0.0927. The molecule has 1 aliphatic rings. The second-order valence-corrected chi connectivity index (χ2v) is 11.2. The Morgan fingerprint density at radius 3 is 1.39 bits per heavy atom. The average Bonchev–Trinajstić information content (AvgIpc) is 3.04. The molecule has 1 saturated carbocycles. The minimum Gasteiger partial charge on any atom is -0.491 e. The summed E-state index contributed by atoms with van der Waals surface area (Å²) in [5.41, 5.74) is 3.12. The van der Waals surface area contributed by atoms with Gasteiger partial charge in [0.15, 0.2) is 0 Å². The van der Waals surface area contributed by atoms with Crippen LogP contribution in [0.2, 0.25) is 0 Å². The highest BCUT2D eigenvalue weighted by Crippen LogP contribution is 2.45. The highest BCUT2D eigenvalue weighted by atomic mass is 16.6. The zero-order chi connectivity index (χ0) is 32.0. The predicted octanol–water partition coefficient (Wildman–Crippen LogP) is 6.74. The number of rotatable bonds is 18. The predicted molar refractivity (Wildman–Crippen MR) is 170 cm³/mol. The molecule has 1 fully saturated rings. The molecule has 0 aliphatic heterocycles. The van der Waals surface area contributed by atoms with Crippen molar-refractivity contribution < 1.29 is 38.0 Å². The molecule has 0 N–H and O–H groups in total. The molecule has 8 nitrogen and oxygen atoms in total. The molecule has 0 amide bonds. The summed E-state index contributed by atoms with van der Waals surface area (Å²) in [7, 11) is 0. The lowest BCUT2D eigenvalue weighted by Crippen LogP contribution is -2.31. The van der Waals surface area contributed by atoms with E-state index in [1.807, 2.05) is 38.1 Å². The SMILES string of the molecule is C=C(C)C(=O)OCC(COc1ccc(C2(c3ccc(OCC(COC(=O)C(=C)C)OCC)cc3)CCCCC2)cc1)OCC. The van der Waals surface area contributed by atoms with Crippen molar-refractivity contribution in [2.75, 3.05) is 39.6 Å². The van der Waals surface area contributed by atoms with Crippen LogP contribution in [0.5, 0.6) is 11.5 Å². The zero-order valence-corrected chi connectivity index (χ0v) is 26.7. The molecule has 1 aliphatic carbocycles. The molecule has 240 valence electrons. The monoisotopic (exact) mass is 608 g/mol. The lowest BCUT2D eigenvalue weighted by Gasteiger charge is -2.39. The van der Waals surface area contributed by atoms with Crippen LogP contribution in [0.4, 0.5) is 0 Å². The molecular formula is C36H48O8. The maximum atomic E-state index is 11.8. The summed E-state index contributed by atoms with van der Waals surface area (Å²) < 4.78 is 34.0. The van der Waals surface area contributed by atoms with Gasteiger partial charge in [-0.25, -0.2) is 9.59 Å². The van der Waals surface area contributed by atoms with Gasteiger partial charge in [-0.2, -0.15) is 0 Å². The van der Waals surface area contributed by atoms with Gasteiger partial charge in [0.1, 0.15) is 50.1 Å². The van der Waals surface area contributed by atoms with Gasteiger partial charge in [0, 0.05) is 29.8 Å². The van der Waals surface area contributed by atoms with Crippen LogP contribution in [-0.4, -0.2) is 63.8 Å². The van der Waals surface area contributed by atoms with Gasteiger partial charge in [-0.05, 0) is 75.9 Å². The first kappa shape index (κ1) is 34.9. The fraction of sp³-hybridized carbons (Fsp3) is 0.500. The van der Waals surface area contributed by atoms with Crippen molar-refractivity contribution in [3.8, 4) is 11.5 Å². The van der Waals surface area contributed by atoms with Gasteiger partial charge >= 0.3 is 11.9 Å². The van der Waals surface area contributed by atoms with Gasteiger partial charge < -0.3 is 28.4 Å². The van der Waals surface area contributed by atoms with Crippen LogP contribution in [0.25, 0.3) is 0 Å². The molecule has 44 heavy (non-hydrogen) atoms. The Balaban J connectivity index is 1.66. The number of carbonyl (C=O) groups is 2. The van der Waals surface area contributed by atoms with Crippen molar-refractivity contribution in [2.45, 2.75) is 77.4 Å². The van der Waals surface area contributed by atoms with Crippen molar-refractivity contribution >= 4 is 11.9 Å². The molecule has 2 aromatic rings. The van der Waals surface area contributed by atoms with E-state index in [2.05, 4.69) is 37.4 Å². The van der Waals surface area contributed by atoms with Gasteiger partial charge in [0.25, 0.3) is 0 Å². The largest absolute Gasteiger partial charge is 0.491 e. The Morgan fingerprint density at radius 2 is 1.05 bits per heavy atom. The lowest BCUT2D eigenvalue weighted by atomic mass is 9.65. The quantitative estimate of drug-likeness (QED) is 0.136. The van der Waals surface area contributed by atoms with E-state index in [0.29, 0.717) is 24.4 Å². The average molecular weight is 609 g/mol. The van der Waals surface area contributed by atoms with Crippen LogP contribution >= 0.6 is 0 Å². The summed E-state index contributed by atoms with van der Waals surface area (Å²) in [5, 5.41) is 0. The third-order valence-electron chi connectivity index (χ3n) is 7.69. The molecule has 0 radical (unpaired) electrons. The van der Waals surface area contributed by atoms with Crippen LogP contribution in [0.3, 0.4) is 0 Å². The highest BCUT2D eigenvalue weighted by Gasteiger charge is 2.35. The molecule has 2 unspecified atom stereocenters. The lowest BCUT2D eigenvalue weighted by molar-refractivity contribution is -0.144. The van der Waals surface area contributed by atoms with E-state index in [-0.39, 0.29) is 44.1 Å². The van der Waals surface area contributed by atoms with Crippen molar-refractivity contribution in [1.29, 1.82) is 0 Å². The van der Waals surface area contributed by atoms with Gasteiger partial charge in [0.05, 0.1) is 0 Å². The number of hydrogen-bond donors (Lipinski definition) is 0. The summed E-state index contributed by atoms with van der Waals surface area (Å²) >= 11 is 0. The summed E-state index contributed by atoms with van der Waals surface area (Å²) in [4.78, 5) is 23.6. The first-order chi connectivity index (χ1) is 21.2. The van der Waals surface area contributed by atoms with Crippen molar-refractivity contribution in [3.63, 3.8) is 0 Å². The van der Waals surface area contributed by atoms with Gasteiger partial charge in [-0.15, -0.1) is 0 Å². The fourth-order valence-electron chi connectivity index (χ4n) is 5.36. The number of benzene rings is 2. The van der Waals surface area contributed by atoms with E-state index in [9.17, 15) is 9.59 Å². The number of hydrogen-bond acceptors (Lipinski definition) is 8. The molecule has 3 rings (SSSR count). The Kier molecular flexibility index (Phi) is 14.0. The standard InChI is InChI=1S/C36H48O8/c1-7-39-32(24-43-34(37)26(3)4)22-41-30-16-12-28(13-17-30)36(20-10-9-11-21-36)29-14-18-31(19-15-29)42-23-33(40-8-2)25-44-35(38)27(5)6/h12-19,32-33H,3,5,7-11,20-25H2,1-2,4,6H3. The summed E-state index contributed by atoms with van der Waals surface area (Å²) in [6, 6.07) is 16.6. The Labute approximate surface area is 262 Å². The number of carbonyl (C=O) groups excluding carboxylic acids is 2. The molecule has 0 bridgehead atoms. The van der Waals surface area contributed by atoms with E-state index in [1.165, 1.54) is 17.5 Å². The maximum absolute atomic E-state index is 11.8. The maximum Gasteiger partial charge on any atom is 0.333 e. The summed E-state index contributed by atoms with van der Waals surface area (Å²) in [6.07, 6.45) is 4.94. The van der Waals surface area contributed by atoms with Crippen molar-refractivity contribution in [1.82, 2.24) is 0 Å². The van der Waals surface area contributed by atoms with Gasteiger partial charge in [-0.1, -0.05) is 56.7 Å². The third kappa shape index (κ3) is 10.2. The molecule has 0 heterocycles. The van der Waals surface area contributed by atoms with E-state index >= 15 is 0 Å². The zero-order valence-electron chi connectivity index (χ0n) is 26.7. The highest BCUT2D eigenvalue weighted by molar-refractivity contribution is 5.87. The first-order valence-electron chi connectivity index (χ1n) is 15.5. The van der Waals surface area contributed by atoms with Crippen LogP contribution < -0.4 is 9.47 Å². The topological polar surface area (TPSA) is 89.5 Å². The number of ether oxygens (including phenoxy) is 6.